The number of carbonyl (C=O) groups excluding carboxylic acids is 1. The van der Waals surface area contributed by atoms with Gasteiger partial charge in [-0.25, -0.2) is 4.98 Å². The number of aromatic nitrogens is 2. The molecular formula is C21H26N2O2. The third kappa shape index (κ3) is 6.14. The van der Waals surface area contributed by atoms with Crippen LogP contribution in [0, 0.1) is 12.8 Å². The second-order valence-electron chi connectivity index (χ2n) is 6.47. The van der Waals surface area contributed by atoms with Gasteiger partial charge in [-0.15, -0.1) is 0 Å². The lowest BCUT2D eigenvalue weighted by Gasteiger charge is -2.09. The van der Waals surface area contributed by atoms with Crippen molar-refractivity contribution in [2.45, 2.75) is 47.0 Å². The predicted molar refractivity (Wildman–Crippen MR) is 101 cm³/mol. The number of hydrogen-bond acceptors (Lipinski definition) is 4. The van der Waals surface area contributed by atoms with Crippen LogP contribution in [0.2, 0.25) is 0 Å². The molecule has 0 aliphatic rings. The molecule has 2 aromatic heterocycles. The van der Waals surface area contributed by atoms with Crippen LogP contribution in [0.25, 0.3) is 6.08 Å². The quantitative estimate of drug-likeness (QED) is 0.667. The number of carbonyl (C=O) groups is 1. The van der Waals surface area contributed by atoms with E-state index in [0.717, 1.165) is 35.4 Å². The Morgan fingerprint density at radius 2 is 2.08 bits per heavy atom. The van der Waals surface area contributed by atoms with E-state index in [1.165, 1.54) is 0 Å². The number of nitrogens with zero attached hydrogens (tertiary/aromatic N) is 2. The summed E-state index contributed by atoms with van der Waals surface area (Å²) in [5, 5.41) is 0. The number of Topliss-reactive ketones (excluding diaryl/α,β-unsaturated/α-hetero) is 1. The molecule has 0 N–H and O–H groups in total. The van der Waals surface area contributed by atoms with Gasteiger partial charge in [0, 0.05) is 24.4 Å². The van der Waals surface area contributed by atoms with Crippen LogP contribution in [0.4, 0.5) is 0 Å². The molecule has 2 heterocycles. The summed E-state index contributed by atoms with van der Waals surface area (Å²) in [5.74, 6) is 1.70. The zero-order chi connectivity index (χ0) is 18.2. The topological polar surface area (TPSA) is 52.1 Å². The first-order chi connectivity index (χ1) is 12.0. The summed E-state index contributed by atoms with van der Waals surface area (Å²) in [6.07, 6.45) is 10.2. The molecule has 0 saturated heterocycles. The standard InChI is InChI=1S/C21H26N2O2/c1-5-6-19-12-16(3)20(14-22-19)25-21-10-9-18(13-23-21)8-7-15(2)11-17(4)24/h7-10,12-15H,5-6,11H2,1-4H3/b8-7+/t15-/m0/s1. The van der Waals surface area contributed by atoms with Crippen molar-refractivity contribution in [3.8, 4) is 11.6 Å². The molecule has 132 valence electrons. The number of ketones is 1. The van der Waals surface area contributed by atoms with Gasteiger partial charge in [0.25, 0.3) is 0 Å². The van der Waals surface area contributed by atoms with Crippen molar-refractivity contribution in [1.29, 1.82) is 0 Å². The third-order valence-corrected chi connectivity index (χ3v) is 3.83. The molecule has 0 radical (unpaired) electrons. The number of ether oxygens (including phenoxy) is 1. The lowest BCUT2D eigenvalue weighted by molar-refractivity contribution is -0.117. The molecule has 0 bridgehead atoms. The Balaban J connectivity index is 2.00. The molecule has 2 rings (SSSR count). The lowest BCUT2D eigenvalue weighted by Crippen LogP contribution is -1.98. The number of aryl methyl sites for hydroxylation is 2. The minimum absolute atomic E-state index is 0.202. The zero-order valence-electron chi connectivity index (χ0n) is 15.5. The van der Waals surface area contributed by atoms with E-state index in [9.17, 15) is 4.79 Å². The van der Waals surface area contributed by atoms with Gasteiger partial charge in [-0.3, -0.25) is 4.98 Å². The van der Waals surface area contributed by atoms with Crippen LogP contribution in [0.1, 0.15) is 50.4 Å². The van der Waals surface area contributed by atoms with Crippen molar-refractivity contribution >= 4 is 11.9 Å². The monoisotopic (exact) mass is 338 g/mol. The van der Waals surface area contributed by atoms with Crippen molar-refractivity contribution in [2.24, 2.45) is 5.92 Å². The highest BCUT2D eigenvalue weighted by molar-refractivity contribution is 5.76. The van der Waals surface area contributed by atoms with Gasteiger partial charge in [-0.05, 0) is 49.4 Å². The molecule has 4 heteroatoms. The smallest absolute Gasteiger partial charge is 0.219 e. The Labute approximate surface area is 150 Å². The van der Waals surface area contributed by atoms with Gasteiger partial charge < -0.3 is 9.53 Å². The molecule has 0 aliphatic carbocycles. The maximum atomic E-state index is 11.1. The predicted octanol–water partition coefficient (Wildman–Crippen LogP) is 5.16. The molecule has 2 aromatic rings. The van der Waals surface area contributed by atoms with Crippen LogP contribution in [-0.2, 0) is 11.2 Å². The van der Waals surface area contributed by atoms with Crippen molar-refractivity contribution in [1.82, 2.24) is 9.97 Å². The molecule has 4 nitrogen and oxygen atoms in total. The van der Waals surface area contributed by atoms with Crippen LogP contribution >= 0.6 is 0 Å². The fourth-order valence-electron chi connectivity index (χ4n) is 2.56. The van der Waals surface area contributed by atoms with Gasteiger partial charge >= 0.3 is 0 Å². The fraction of sp³-hybridized carbons (Fsp3) is 0.381. The molecular weight excluding hydrogens is 312 g/mol. The Morgan fingerprint density at radius 3 is 2.68 bits per heavy atom. The second kappa shape index (κ2) is 9.11. The van der Waals surface area contributed by atoms with E-state index >= 15 is 0 Å². The molecule has 0 fully saturated rings. The molecule has 0 unspecified atom stereocenters. The number of pyridine rings is 2. The SMILES string of the molecule is CCCc1cc(C)c(Oc2ccc(/C=C/[C@H](C)CC(C)=O)cn2)cn1. The summed E-state index contributed by atoms with van der Waals surface area (Å²) in [5.41, 5.74) is 3.12. The van der Waals surface area contributed by atoms with E-state index in [2.05, 4.69) is 23.0 Å². The van der Waals surface area contributed by atoms with E-state index in [4.69, 9.17) is 4.74 Å². The van der Waals surface area contributed by atoms with Crippen molar-refractivity contribution < 1.29 is 9.53 Å². The molecule has 0 saturated carbocycles. The molecule has 0 aliphatic heterocycles. The van der Waals surface area contributed by atoms with Crippen LogP contribution in [0.5, 0.6) is 11.6 Å². The summed E-state index contributed by atoms with van der Waals surface area (Å²) in [6.45, 7) is 7.80. The highest BCUT2D eigenvalue weighted by Gasteiger charge is 2.05. The first-order valence-electron chi connectivity index (χ1n) is 8.75. The maximum Gasteiger partial charge on any atom is 0.219 e. The molecule has 0 amide bonds. The van der Waals surface area contributed by atoms with E-state index in [1.807, 2.05) is 38.1 Å². The van der Waals surface area contributed by atoms with Crippen molar-refractivity contribution in [2.75, 3.05) is 0 Å². The minimum Gasteiger partial charge on any atom is -0.437 e. The molecule has 25 heavy (non-hydrogen) atoms. The first-order valence-corrected chi connectivity index (χ1v) is 8.75. The highest BCUT2D eigenvalue weighted by Crippen LogP contribution is 2.23. The van der Waals surface area contributed by atoms with Crippen LogP contribution in [0.3, 0.4) is 0 Å². The molecule has 1 atom stereocenters. The Bertz CT molecular complexity index is 736. The van der Waals surface area contributed by atoms with Crippen LogP contribution < -0.4 is 4.74 Å². The van der Waals surface area contributed by atoms with E-state index in [-0.39, 0.29) is 11.7 Å². The summed E-state index contributed by atoms with van der Waals surface area (Å²) in [6, 6.07) is 5.86. The van der Waals surface area contributed by atoms with Gasteiger partial charge in [0.15, 0.2) is 5.75 Å². The summed E-state index contributed by atoms with van der Waals surface area (Å²) in [7, 11) is 0. The Morgan fingerprint density at radius 1 is 1.28 bits per heavy atom. The van der Waals surface area contributed by atoms with Crippen LogP contribution in [0.15, 0.2) is 36.7 Å². The van der Waals surface area contributed by atoms with Gasteiger partial charge in [-0.1, -0.05) is 32.4 Å². The van der Waals surface area contributed by atoms with Crippen molar-refractivity contribution in [3.63, 3.8) is 0 Å². The third-order valence-electron chi connectivity index (χ3n) is 3.83. The Hall–Kier alpha value is -2.49. The van der Waals surface area contributed by atoms with Gasteiger partial charge in [0.05, 0.1) is 6.20 Å². The van der Waals surface area contributed by atoms with E-state index in [0.29, 0.717) is 12.3 Å². The van der Waals surface area contributed by atoms with E-state index < -0.39 is 0 Å². The van der Waals surface area contributed by atoms with Gasteiger partial charge in [-0.2, -0.15) is 0 Å². The molecule has 0 aromatic carbocycles. The normalized spacial score (nSPS) is 12.3. The lowest BCUT2D eigenvalue weighted by atomic mass is 10.0. The van der Waals surface area contributed by atoms with E-state index in [1.54, 1.807) is 19.3 Å². The van der Waals surface area contributed by atoms with Crippen LogP contribution in [-0.4, -0.2) is 15.8 Å². The summed E-state index contributed by atoms with van der Waals surface area (Å²) >= 11 is 0. The van der Waals surface area contributed by atoms with Gasteiger partial charge in [0.2, 0.25) is 5.88 Å². The average molecular weight is 338 g/mol. The number of hydrogen-bond donors (Lipinski definition) is 0. The number of allylic oxidation sites excluding steroid dienone is 1. The largest absolute Gasteiger partial charge is 0.437 e. The minimum atomic E-state index is 0.202. The zero-order valence-corrected chi connectivity index (χ0v) is 15.5. The van der Waals surface area contributed by atoms with Gasteiger partial charge in [0.1, 0.15) is 5.78 Å². The highest BCUT2D eigenvalue weighted by atomic mass is 16.5. The summed E-state index contributed by atoms with van der Waals surface area (Å²) in [4.78, 5) is 19.9. The second-order valence-corrected chi connectivity index (χ2v) is 6.47. The first kappa shape index (κ1) is 18.8. The maximum absolute atomic E-state index is 11.1. The summed E-state index contributed by atoms with van der Waals surface area (Å²) < 4.78 is 5.83. The average Bonchev–Trinajstić information content (AvgIpc) is 2.56. The fourth-order valence-corrected chi connectivity index (χ4v) is 2.56. The van der Waals surface area contributed by atoms with Crippen molar-refractivity contribution in [3.05, 3.63) is 53.5 Å². The number of rotatable bonds is 8. The molecule has 0 spiro atoms. The Kier molecular flexibility index (Phi) is 6.87.